The van der Waals surface area contributed by atoms with Crippen LogP contribution in [0.15, 0.2) is 34.0 Å². The van der Waals surface area contributed by atoms with Gasteiger partial charge in [0.2, 0.25) is 5.91 Å². The molecule has 1 aliphatic carbocycles. The number of rotatable bonds is 4. The van der Waals surface area contributed by atoms with Gasteiger partial charge in [-0.2, -0.15) is 0 Å². The van der Waals surface area contributed by atoms with Gasteiger partial charge in [0, 0.05) is 11.1 Å². The van der Waals surface area contributed by atoms with E-state index in [1.807, 2.05) is 19.2 Å². The highest BCUT2D eigenvalue weighted by Crippen LogP contribution is 2.31. The number of thiazole rings is 1. The number of amides is 1. The zero-order chi connectivity index (χ0) is 15.5. The van der Waals surface area contributed by atoms with Crippen molar-refractivity contribution in [1.82, 2.24) is 10.3 Å². The number of carbonyl (C=O) groups excluding carboxylic acids is 1. The molecule has 3 rings (SSSR count). The maximum Gasteiger partial charge on any atom is 0.233 e. The standard InChI is InChI=1S/C17H20N2OS2/c1-11-10-21-17(18-11)22-12(2)16(20)19-15-9-5-7-13-6-3-4-8-14(13)15/h3-4,6,8,10,12,15H,5,7,9H2,1-2H3,(H,19,20)/t12-,15-/m1/s1. The van der Waals surface area contributed by atoms with Gasteiger partial charge >= 0.3 is 0 Å². The van der Waals surface area contributed by atoms with Gasteiger partial charge in [-0.15, -0.1) is 11.3 Å². The maximum atomic E-state index is 12.5. The lowest BCUT2D eigenvalue weighted by molar-refractivity contribution is -0.121. The van der Waals surface area contributed by atoms with Crippen molar-refractivity contribution in [2.45, 2.75) is 48.7 Å². The molecule has 1 aromatic heterocycles. The molecule has 116 valence electrons. The summed E-state index contributed by atoms with van der Waals surface area (Å²) < 4.78 is 0.962. The van der Waals surface area contributed by atoms with Gasteiger partial charge in [0.15, 0.2) is 4.34 Å². The van der Waals surface area contributed by atoms with Crippen LogP contribution in [0.3, 0.4) is 0 Å². The van der Waals surface area contributed by atoms with Crippen LogP contribution in [0.25, 0.3) is 0 Å². The third-order valence-electron chi connectivity index (χ3n) is 3.93. The van der Waals surface area contributed by atoms with Gasteiger partial charge < -0.3 is 5.32 Å². The van der Waals surface area contributed by atoms with E-state index in [-0.39, 0.29) is 17.2 Å². The number of thioether (sulfide) groups is 1. The predicted molar refractivity (Wildman–Crippen MR) is 92.4 cm³/mol. The number of hydrogen-bond donors (Lipinski definition) is 1. The summed E-state index contributed by atoms with van der Waals surface area (Å²) in [6, 6.07) is 8.59. The summed E-state index contributed by atoms with van der Waals surface area (Å²) in [6.07, 6.45) is 3.27. The average molecular weight is 332 g/mol. The van der Waals surface area contributed by atoms with Crippen molar-refractivity contribution >= 4 is 29.0 Å². The van der Waals surface area contributed by atoms with E-state index in [0.717, 1.165) is 29.3 Å². The molecular weight excluding hydrogens is 312 g/mol. The first-order chi connectivity index (χ1) is 10.6. The first kappa shape index (κ1) is 15.6. The minimum Gasteiger partial charge on any atom is -0.348 e. The molecule has 5 heteroatoms. The molecule has 2 aromatic rings. The fraction of sp³-hybridized carbons (Fsp3) is 0.412. The number of aryl methyl sites for hydroxylation is 2. The highest BCUT2D eigenvalue weighted by molar-refractivity contribution is 8.02. The monoisotopic (exact) mass is 332 g/mol. The largest absolute Gasteiger partial charge is 0.348 e. The van der Waals surface area contributed by atoms with E-state index in [9.17, 15) is 4.79 Å². The minimum atomic E-state index is -0.125. The fourth-order valence-corrected chi connectivity index (χ4v) is 4.78. The maximum absolute atomic E-state index is 12.5. The number of fused-ring (bicyclic) bond motifs is 1. The molecule has 0 saturated heterocycles. The van der Waals surface area contributed by atoms with Crippen LogP contribution in [-0.2, 0) is 11.2 Å². The van der Waals surface area contributed by atoms with E-state index in [1.54, 1.807) is 11.3 Å². The number of benzene rings is 1. The zero-order valence-corrected chi connectivity index (χ0v) is 14.5. The smallest absolute Gasteiger partial charge is 0.233 e. The van der Waals surface area contributed by atoms with Gasteiger partial charge in [-0.3, -0.25) is 4.79 Å². The Morgan fingerprint density at radius 1 is 1.45 bits per heavy atom. The Bertz CT molecular complexity index is 668. The van der Waals surface area contributed by atoms with E-state index in [1.165, 1.54) is 22.9 Å². The molecule has 0 aliphatic heterocycles. The average Bonchev–Trinajstić information content (AvgIpc) is 2.92. The van der Waals surface area contributed by atoms with E-state index >= 15 is 0 Å². The molecule has 22 heavy (non-hydrogen) atoms. The van der Waals surface area contributed by atoms with Crippen LogP contribution >= 0.6 is 23.1 Å². The van der Waals surface area contributed by atoms with Crippen molar-refractivity contribution in [1.29, 1.82) is 0 Å². The van der Waals surface area contributed by atoms with Crippen LogP contribution in [0.5, 0.6) is 0 Å². The molecule has 1 aliphatic rings. The van der Waals surface area contributed by atoms with Crippen molar-refractivity contribution in [3.8, 4) is 0 Å². The number of aromatic nitrogens is 1. The first-order valence-corrected chi connectivity index (χ1v) is 9.36. The third kappa shape index (κ3) is 3.52. The Morgan fingerprint density at radius 2 is 2.27 bits per heavy atom. The topological polar surface area (TPSA) is 42.0 Å². The lowest BCUT2D eigenvalue weighted by atomic mass is 9.88. The van der Waals surface area contributed by atoms with Crippen molar-refractivity contribution in [3.63, 3.8) is 0 Å². The minimum absolute atomic E-state index is 0.0968. The lowest BCUT2D eigenvalue weighted by Gasteiger charge is -2.27. The van der Waals surface area contributed by atoms with Crippen LogP contribution in [0.1, 0.15) is 42.6 Å². The van der Waals surface area contributed by atoms with Crippen LogP contribution in [0, 0.1) is 6.92 Å². The van der Waals surface area contributed by atoms with Gasteiger partial charge in [0.05, 0.1) is 11.3 Å². The van der Waals surface area contributed by atoms with Crippen LogP contribution in [-0.4, -0.2) is 16.1 Å². The van der Waals surface area contributed by atoms with Crippen molar-refractivity contribution in [2.75, 3.05) is 0 Å². The van der Waals surface area contributed by atoms with Crippen LogP contribution in [0.4, 0.5) is 0 Å². The molecule has 2 atom stereocenters. The molecule has 0 radical (unpaired) electrons. The van der Waals surface area contributed by atoms with Gasteiger partial charge in [-0.05, 0) is 44.2 Å². The highest BCUT2D eigenvalue weighted by Gasteiger charge is 2.24. The summed E-state index contributed by atoms with van der Waals surface area (Å²) in [6.45, 7) is 3.93. The van der Waals surface area contributed by atoms with E-state index in [4.69, 9.17) is 0 Å². The van der Waals surface area contributed by atoms with Crippen molar-refractivity contribution in [2.24, 2.45) is 0 Å². The Balaban J connectivity index is 1.64. The molecule has 3 nitrogen and oxygen atoms in total. The van der Waals surface area contributed by atoms with Gasteiger partial charge in [-0.25, -0.2) is 4.98 Å². The number of carbonyl (C=O) groups is 1. The third-order valence-corrected chi connectivity index (χ3v) is 6.12. The summed E-state index contributed by atoms with van der Waals surface area (Å²) in [5.74, 6) is 0.0968. The summed E-state index contributed by atoms with van der Waals surface area (Å²) in [4.78, 5) is 16.9. The molecule has 0 saturated carbocycles. The summed E-state index contributed by atoms with van der Waals surface area (Å²) in [5.41, 5.74) is 3.67. The van der Waals surface area contributed by atoms with Gasteiger partial charge in [0.1, 0.15) is 0 Å². The molecular formula is C17H20N2OS2. The molecule has 1 heterocycles. The van der Waals surface area contributed by atoms with Gasteiger partial charge in [0.25, 0.3) is 0 Å². The van der Waals surface area contributed by atoms with E-state index in [0.29, 0.717) is 0 Å². The summed E-state index contributed by atoms with van der Waals surface area (Å²) in [7, 11) is 0. The van der Waals surface area contributed by atoms with E-state index < -0.39 is 0 Å². The second-order valence-corrected chi connectivity index (χ2v) is 8.11. The fourth-order valence-electron chi connectivity index (χ4n) is 2.78. The molecule has 0 spiro atoms. The predicted octanol–water partition coefficient (Wildman–Crippen LogP) is 4.13. The quantitative estimate of drug-likeness (QED) is 0.856. The van der Waals surface area contributed by atoms with Crippen molar-refractivity contribution in [3.05, 3.63) is 46.5 Å². The summed E-state index contributed by atoms with van der Waals surface area (Å²) >= 11 is 3.14. The Hall–Kier alpha value is -1.33. The zero-order valence-electron chi connectivity index (χ0n) is 12.8. The van der Waals surface area contributed by atoms with Gasteiger partial charge in [-0.1, -0.05) is 36.0 Å². The normalized spacial score (nSPS) is 18.5. The van der Waals surface area contributed by atoms with Crippen molar-refractivity contribution < 1.29 is 4.79 Å². The molecule has 0 fully saturated rings. The van der Waals surface area contributed by atoms with Crippen LogP contribution in [0.2, 0.25) is 0 Å². The number of hydrogen-bond acceptors (Lipinski definition) is 4. The second kappa shape index (κ2) is 6.84. The second-order valence-electron chi connectivity index (χ2n) is 5.67. The molecule has 0 bridgehead atoms. The Labute approximate surface area is 139 Å². The SMILES string of the molecule is Cc1csc(S[C@H](C)C(=O)N[C@@H]2CCCc3ccccc32)n1. The summed E-state index contributed by atoms with van der Waals surface area (Å²) in [5, 5.41) is 5.11. The molecule has 1 N–H and O–H groups in total. The Kier molecular flexibility index (Phi) is 4.84. The molecule has 0 unspecified atom stereocenters. The highest BCUT2D eigenvalue weighted by atomic mass is 32.2. The Morgan fingerprint density at radius 3 is 3.05 bits per heavy atom. The number of nitrogens with one attached hydrogen (secondary N) is 1. The lowest BCUT2D eigenvalue weighted by Crippen LogP contribution is -2.35. The number of nitrogens with zero attached hydrogens (tertiary/aromatic N) is 1. The van der Waals surface area contributed by atoms with Crippen LogP contribution < -0.4 is 5.32 Å². The molecule has 1 amide bonds. The van der Waals surface area contributed by atoms with E-state index in [2.05, 4.69) is 34.6 Å². The first-order valence-electron chi connectivity index (χ1n) is 7.60. The molecule has 1 aromatic carbocycles.